The zero-order valence-electron chi connectivity index (χ0n) is 7.20. The van der Waals surface area contributed by atoms with Gasteiger partial charge in [-0.3, -0.25) is 4.79 Å². The normalized spacial score (nSPS) is 27.4. The van der Waals surface area contributed by atoms with E-state index in [4.69, 9.17) is 0 Å². The first-order valence-electron chi connectivity index (χ1n) is 3.68. The number of carbonyl (C=O) groups is 1. The van der Waals surface area contributed by atoms with Crippen molar-refractivity contribution in [2.45, 2.75) is 12.5 Å². The molecular formula is C7H14N2O2. The molecular weight excluding hydrogens is 144 g/mol. The van der Waals surface area contributed by atoms with Gasteiger partial charge < -0.3 is 4.74 Å². The molecule has 0 amide bonds. The van der Waals surface area contributed by atoms with Crippen LogP contribution in [0.1, 0.15) is 6.42 Å². The fourth-order valence-electron chi connectivity index (χ4n) is 1.30. The lowest BCUT2D eigenvalue weighted by Crippen LogP contribution is -2.39. The van der Waals surface area contributed by atoms with Gasteiger partial charge in [-0.05, 0) is 6.42 Å². The second kappa shape index (κ2) is 3.19. The molecule has 1 rings (SSSR count). The average molecular weight is 158 g/mol. The van der Waals surface area contributed by atoms with Gasteiger partial charge in [-0.15, -0.1) is 0 Å². The third-order valence-corrected chi connectivity index (χ3v) is 2.19. The van der Waals surface area contributed by atoms with E-state index >= 15 is 0 Å². The lowest BCUT2D eigenvalue weighted by molar-refractivity contribution is -0.148. The monoisotopic (exact) mass is 158 g/mol. The second-order valence-electron chi connectivity index (χ2n) is 2.78. The zero-order chi connectivity index (χ0) is 8.43. The molecule has 1 fully saturated rings. The van der Waals surface area contributed by atoms with E-state index in [0.29, 0.717) is 0 Å². The zero-order valence-corrected chi connectivity index (χ0v) is 7.20. The number of hydrazine groups is 1. The third-order valence-electron chi connectivity index (χ3n) is 2.19. The van der Waals surface area contributed by atoms with E-state index in [2.05, 4.69) is 4.74 Å². The van der Waals surface area contributed by atoms with Gasteiger partial charge in [-0.25, -0.2) is 10.0 Å². The molecule has 0 aromatic heterocycles. The molecule has 0 N–H and O–H groups in total. The van der Waals surface area contributed by atoms with Crippen LogP contribution < -0.4 is 0 Å². The molecule has 1 aliphatic heterocycles. The lowest BCUT2D eigenvalue weighted by Gasteiger charge is -2.22. The van der Waals surface area contributed by atoms with Crippen molar-refractivity contribution >= 4 is 5.97 Å². The van der Waals surface area contributed by atoms with Crippen LogP contribution in [0.5, 0.6) is 0 Å². The van der Waals surface area contributed by atoms with E-state index in [1.165, 1.54) is 7.11 Å². The van der Waals surface area contributed by atoms with Gasteiger partial charge in [0.2, 0.25) is 0 Å². The lowest BCUT2D eigenvalue weighted by atomic mass is 10.2. The van der Waals surface area contributed by atoms with Gasteiger partial charge in [0.05, 0.1) is 7.11 Å². The Kier molecular flexibility index (Phi) is 2.46. The predicted molar refractivity (Wildman–Crippen MR) is 40.8 cm³/mol. The number of methoxy groups -OCH3 is 1. The van der Waals surface area contributed by atoms with Crippen LogP contribution in [-0.2, 0) is 9.53 Å². The van der Waals surface area contributed by atoms with Crippen LogP contribution in [0.4, 0.5) is 0 Å². The number of esters is 1. The highest BCUT2D eigenvalue weighted by Crippen LogP contribution is 2.14. The van der Waals surface area contributed by atoms with Gasteiger partial charge >= 0.3 is 5.97 Å². The summed E-state index contributed by atoms with van der Waals surface area (Å²) < 4.78 is 4.65. The van der Waals surface area contributed by atoms with Crippen molar-refractivity contribution in [3.8, 4) is 0 Å². The standard InChI is InChI=1S/C7H14N2O2/c1-8-5-4-6(9(8)2)7(10)11-3/h6H,4-5H2,1-3H3. The maximum Gasteiger partial charge on any atom is 0.324 e. The van der Waals surface area contributed by atoms with Crippen molar-refractivity contribution < 1.29 is 9.53 Å². The summed E-state index contributed by atoms with van der Waals surface area (Å²) in [6, 6.07) is -0.0787. The summed E-state index contributed by atoms with van der Waals surface area (Å²) in [7, 11) is 5.28. The summed E-state index contributed by atoms with van der Waals surface area (Å²) in [5.74, 6) is -0.142. The fourth-order valence-corrected chi connectivity index (χ4v) is 1.30. The van der Waals surface area contributed by atoms with Crippen molar-refractivity contribution in [2.24, 2.45) is 0 Å². The largest absolute Gasteiger partial charge is 0.468 e. The first kappa shape index (κ1) is 8.49. The van der Waals surface area contributed by atoms with E-state index in [-0.39, 0.29) is 12.0 Å². The summed E-state index contributed by atoms with van der Waals surface area (Å²) >= 11 is 0. The fraction of sp³-hybridized carbons (Fsp3) is 0.857. The van der Waals surface area contributed by atoms with Crippen LogP contribution in [0.25, 0.3) is 0 Å². The molecule has 1 aliphatic rings. The third kappa shape index (κ3) is 1.52. The number of nitrogens with zero attached hydrogens (tertiary/aromatic N) is 2. The van der Waals surface area contributed by atoms with E-state index in [9.17, 15) is 4.79 Å². The van der Waals surface area contributed by atoms with Crippen LogP contribution in [0.15, 0.2) is 0 Å². The summed E-state index contributed by atoms with van der Waals surface area (Å²) in [5.41, 5.74) is 0. The molecule has 0 aliphatic carbocycles. The molecule has 0 spiro atoms. The molecule has 1 atom stereocenters. The molecule has 0 bridgehead atoms. The average Bonchev–Trinajstić information content (AvgIpc) is 2.32. The van der Waals surface area contributed by atoms with Crippen LogP contribution in [-0.4, -0.2) is 49.8 Å². The molecule has 0 aromatic carbocycles. The van der Waals surface area contributed by atoms with Gasteiger partial charge in [0, 0.05) is 20.6 Å². The van der Waals surface area contributed by atoms with Crippen molar-refractivity contribution in [2.75, 3.05) is 27.7 Å². The summed E-state index contributed by atoms with van der Waals surface area (Å²) in [5, 5.41) is 3.92. The Balaban J connectivity index is 2.54. The van der Waals surface area contributed by atoms with Gasteiger partial charge in [0.25, 0.3) is 0 Å². The van der Waals surface area contributed by atoms with E-state index < -0.39 is 0 Å². The van der Waals surface area contributed by atoms with Gasteiger partial charge in [-0.1, -0.05) is 0 Å². The van der Waals surface area contributed by atoms with E-state index in [1.54, 1.807) is 0 Å². The van der Waals surface area contributed by atoms with Gasteiger partial charge in [-0.2, -0.15) is 0 Å². The Morgan fingerprint density at radius 1 is 1.55 bits per heavy atom. The summed E-state index contributed by atoms with van der Waals surface area (Å²) in [6.07, 6.45) is 0.861. The minimum Gasteiger partial charge on any atom is -0.468 e. The van der Waals surface area contributed by atoms with E-state index in [0.717, 1.165) is 13.0 Å². The SMILES string of the molecule is COC(=O)C1CCN(C)N1C. The van der Waals surface area contributed by atoms with Gasteiger partial charge in [0.15, 0.2) is 0 Å². The smallest absolute Gasteiger partial charge is 0.324 e. The molecule has 1 heterocycles. The topological polar surface area (TPSA) is 32.8 Å². The van der Waals surface area contributed by atoms with Crippen LogP contribution in [0, 0.1) is 0 Å². The molecule has 64 valence electrons. The molecule has 4 nitrogen and oxygen atoms in total. The Bertz CT molecular complexity index is 161. The summed E-state index contributed by atoms with van der Waals surface area (Å²) in [6.45, 7) is 0.927. The Morgan fingerprint density at radius 2 is 2.18 bits per heavy atom. The Labute approximate surface area is 66.7 Å². The Morgan fingerprint density at radius 3 is 2.55 bits per heavy atom. The molecule has 0 radical (unpaired) electrons. The predicted octanol–water partition coefficient (Wildman–Crippen LogP) is -0.290. The van der Waals surface area contributed by atoms with Crippen LogP contribution in [0.2, 0.25) is 0 Å². The van der Waals surface area contributed by atoms with Crippen LogP contribution >= 0.6 is 0 Å². The second-order valence-corrected chi connectivity index (χ2v) is 2.78. The van der Waals surface area contributed by atoms with Crippen LogP contribution in [0.3, 0.4) is 0 Å². The highest BCUT2D eigenvalue weighted by molar-refractivity contribution is 5.75. The molecule has 4 heteroatoms. The maximum absolute atomic E-state index is 11.1. The number of carbonyl (C=O) groups excluding carboxylic acids is 1. The quantitative estimate of drug-likeness (QED) is 0.491. The molecule has 11 heavy (non-hydrogen) atoms. The highest BCUT2D eigenvalue weighted by Gasteiger charge is 2.32. The highest BCUT2D eigenvalue weighted by atomic mass is 16.5. The van der Waals surface area contributed by atoms with E-state index in [1.807, 2.05) is 24.1 Å². The van der Waals surface area contributed by atoms with Crippen molar-refractivity contribution in [1.29, 1.82) is 0 Å². The number of ether oxygens (including phenoxy) is 1. The Hall–Kier alpha value is -0.610. The van der Waals surface area contributed by atoms with Crippen molar-refractivity contribution in [3.63, 3.8) is 0 Å². The number of hydrogen-bond acceptors (Lipinski definition) is 4. The van der Waals surface area contributed by atoms with Crippen molar-refractivity contribution in [3.05, 3.63) is 0 Å². The molecule has 1 unspecified atom stereocenters. The molecule has 0 aromatic rings. The summed E-state index contributed by atoms with van der Waals surface area (Å²) in [4.78, 5) is 11.1. The van der Waals surface area contributed by atoms with Gasteiger partial charge in [0.1, 0.15) is 6.04 Å². The van der Waals surface area contributed by atoms with Crippen molar-refractivity contribution in [1.82, 2.24) is 10.0 Å². The first-order chi connectivity index (χ1) is 5.16. The minimum absolute atomic E-state index is 0.0787. The maximum atomic E-state index is 11.1. The minimum atomic E-state index is -0.142. The molecule has 0 saturated carbocycles. The number of hydrogen-bond donors (Lipinski definition) is 0. The first-order valence-corrected chi connectivity index (χ1v) is 3.68. The number of likely N-dealkylation sites (N-methyl/N-ethyl adjacent to an activating group) is 1. The molecule has 1 saturated heterocycles. The number of rotatable bonds is 1.